The number of anilines is 1. The normalized spacial score (nSPS) is 11.6. The highest BCUT2D eigenvalue weighted by Gasteiger charge is 2.23. The predicted octanol–water partition coefficient (Wildman–Crippen LogP) is 2.38. The summed E-state index contributed by atoms with van der Waals surface area (Å²) in [5.74, 6) is 0. The van der Waals surface area contributed by atoms with E-state index in [1.807, 2.05) is 50.2 Å². The third-order valence-corrected chi connectivity index (χ3v) is 5.72. The number of rotatable bonds is 9. The van der Waals surface area contributed by atoms with Crippen LogP contribution in [0.1, 0.15) is 11.1 Å². The third-order valence-electron chi connectivity index (χ3n) is 4.26. The third kappa shape index (κ3) is 5.75. The molecule has 0 bridgehead atoms. The largest absolute Gasteiger partial charge is 0.365 e. The summed E-state index contributed by atoms with van der Waals surface area (Å²) in [6, 6.07) is 11.9. The fourth-order valence-corrected chi connectivity index (χ4v) is 3.72. The average Bonchev–Trinajstić information content (AvgIpc) is 2.62. The molecule has 0 fully saturated rings. The van der Waals surface area contributed by atoms with Gasteiger partial charge in [-0.2, -0.15) is 0 Å². The van der Waals surface area contributed by atoms with Crippen molar-refractivity contribution < 1.29 is 13.3 Å². The van der Waals surface area contributed by atoms with Crippen LogP contribution in [0.25, 0.3) is 0 Å². The lowest BCUT2D eigenvalue weighted by atomic mass is 10.1. The molecule has 0 radical (unpaired) electrons. The molecule has 152 valence electrons. The van der Waals surface area contributed by atoms with Gasteiger partial charge in [0.1, 0.15) is 5.69 Å². The van der Waals surface area contributed by atoms with Crippen molar-refractivity contribution in [3.05, 3.63) is 63.7 Å². The summed E-state index contributed by atoms with van der Waals surface area (Å²) >= 11 is 0. The van der Waals surface area contributed by atoms with Crippen molar-refractivity contribution in [2.45, 2.75) is 18.4 Å². The van der Waals surface area contributed by atoms with Crippen LogP contribution in [0, 0.1) is 17.0 Å². The summed E-state index contributed by atoms with van der Waals surface area (Å²) in [7, 11) is 1.59. The van der Waals surface area contributed by atoms with Crippen LogP contribution in [-0.2, 0) is 16.6 Å². The Balaban J connectivity index is 2.26. The van der Waals surface area contributed by atoms with Gasteiger partial charge in [-0.1, -0.05) is 29.8 Å². The van der Waals surface area contributed by atoms with E-state index in [0.717, 1.165) is 17.2 Å². The van der Waals surface area contributed by atoms with Gasteiger partial charge >= 0.3 is 0 Å². The number of benzene rings is 2. The van der Waals surface area contributed by atoms with Gasteiger partial charge in [-0.3, -0.25) is 10.1 Å². The molecule has 0 unspecified atom stereocenters. The van der Waals surface area contributed by atoms with E-state index in [9.17, 15) is 18.5 Å². The minimum atomic E-state index is -3.82. The number of sulfonamides is 1. The van der Waals surface area contributed by atoms with Crippen molar-refractivity contribution in [1.29, 1.82) is 0 Å². The standard InChI is InChI=1S/C19H26N4O4S/c1-15-5-7-16(8-6-15)14-22(4)18-10-9-17(13-19(18)23(24)25)28(26,27)20-11-12-21(2)3/h5-10,13,20H,11-12,14H2,1-4H3. The van der Waals surface area contributed by atoms with Crippen molar-refractivity contribution >= 4 is 21.4 Å². The van der Waals surface area contributed by atoms with Crippen LogP contribution in [0.5, 0.6) is 0 Å². The minimum Gasteiger partial charge on any atom is -0.365 e. The Morgan fingerprint density at radius 1 is 1.07 bits per heavy atom. The zero-order valence-corrected chi connectivity index (χ0v) is 17.4. The van der Waals surface area contributed by atoms with Gasteiger partial charge in [0.15, 0.2) is 0 Å². The SMILES string of the molecule is Cc1ccc(CN(C)c2ccc(S(=O)(=O)NCCN(C)C)cc2[N+](=O)[O-])cc1. The van der Waals surface area contributed by atoms with Crippen LogP contribution in [0.3, 0.4) is 0 Å². The molecule has 8 nitrogen and oxygen atoms in total. The second-order valence-corrected chi connectivity index (χ2v) is 8.72. The number of hydrogen-bond acceptors (Lipinski definition) is 6. The summed E-state index contributed by atoms with van der Waals surface area (Å²) in [6.45, 7) is 3.20. The first kappa shape index (κ1) is 21.8. The Morgan fingerprint density at radius 3 is 2.29 bits per heavy atom. The maximum atomic E-state index is 12.4. The van der Waals surface area contributed by atoms with E-state index in [0.29, 0.717) is 18.8 Å². The Bertz CT molecular complexity index is 927. The van der Waals surface area contributed by atoms with Crippen molar-refractivity contribution in [3.8, 4) is 0 Å². The molecule has 0 saturated heterocycles. The Morgan fingerprint density at radius 2 is 1.71 bits per heavy atom. The molecule has 0 atom stereocenters. The summed E-state index contributed by atoms with van der Waals surface area (Å²) in [6.07, 6.45) is 0. The molecule has 0 aliphatic carbocycles. The van der Waals surface area contributed by atoms with Crippen LogP contribution < -0.4 is 9.62 Å². The molecule has 0 heterocycles. The fourth-order valence-electron chi connectivity index (χ4n) is 2.68. The molecular weight excluding hydrogens is 380 g/mol. The lowest BCUT2D eigenvalue weighted by molar-refractivity contribution is -0.384. The van der Waals surface area contributed by atoms with Gasteiger partial charge < -0.3 is 9.80 Å². The zero-order chi connectivity index (χ0) is 20.9. The minimum absolute atomic E-state index is 0.120. The number of nitrogens with one attached hydrogen (secondary N) is 1. The molecule has 2 rings (SSSR count). The van der Waals surface area contributed by atoms with E-state index in [-0.39, 0.29) is 17.1 Å². The van der Waals surface area contributed by atoms with Crippen molar-refractivity contribution in [1.82, 2.24) is 9.62 Å². The second-order valence-electron chi connectivity index (χ2n) is 6.95. The average molecular weight is 407 g/mol. The predicted molar refractivity (Wildman–Crippen MR) is 110 cm³/mol. The van der Waals surface area contributed by atoms with Gasteiger partial charge in [-0.25, -0.2) is 13.1 Å². The first-order chi connectivity index (χ1) is 13.1. The van der Waals surface area contributed by atoms with Crippen LogP contribution >= 0.6 is 0 Å². The van der Waals surface area contributed by atoms with Crippen LogP contribution in [0.2, 0.25) is 0 Å². The summed E-state index contributed by atoms with van der Waals surface area (Å²) in [5, 5.41) is 11.6. The van der Waals surface area contributed by atoms with Gasteiger partial charge in [0.05, 0.1) is 9.82 Å². The molecule has 0 aliphatic rings. The van der Waals surface area contributed by atoms with Crippen molar-refractivity contribution in [2.75, 3.05) is 39.1 Å². The van der Waals surface area contributed by atoms with Crippen LogP contribution in [0.15, 0.2) is 47.4 Å². The highest BCUT2D eigenvalue weighted by Crippen LogP contribution is 2.31. The lowest BCUT2D eigenvalue weighted by Crippen LogP contribution is -2.31. The van der Waals surface area contributed by atoms with E-state index >= 15 is 0 Å². The molecule has 2 aromatic rings. The van der Waals surface area contributed by atoms with E-state index in [1.165, 1.54) is 12.1 Å². The van der Waals surface area contributed by atoms with Gasteiger partial charge in [0.25, 0.3) is 5.69 Å². The first-order valence-corrected chi connectivity index (χ1v) is 10.3. The molecule has 0 aliphatic heterocycles. The Hall–Kier alpha value is -2.49. The molecule has 0 aromatic heterocycles. The van der Waals surface area contributed by atoms with Crippen molar-refractivity contribution in [2.24, 2.45) is 0 Å². The molecule has 2 aromatic carbocycles. The first-order valence-electron chi connectivity index (χ1n) is 8.79. The summed E-state index contributed by atoms with van der Waals surface area (Å²) in [4.78, 5) is 14.5. The summed E-state index contributed by atoms with van der Waals surface area (Å²) in [5.41, 5.74) is 2.25. The van der Waals surface area contributed by atoms with Crippen LogP contribution in [0.4, 0.5) is 11.4 Å². The number of hydrogen-bond donors (Lipinski definition) is 1. The Kier molecular flexibility index (Phi) is 7.11. The van der Waals surface area contributed by atoms with Gasteiger partial charge in [-0.15, -0.1) is 0 Å². The Labute approximate surface area is 166 Å². The van der Waals surface area contributed by atoms with E-state index in [2.05, 4.69) is 4.72 Å². The fraction of sp³-hybridized carbons (Fsp3) is 0.368. The summed E-state index contributed by atoms with van der Waals surface area (Å²) < 4.78 is 27.3. The highest BCUT2D eigenvalue weighted by molar-refractivity contribution is 7.89. The highest BCUT2D eigenvalue weighted by atomic mass is 32.2. The topological polar surface area (TPSA) is 95.8 Å². The maximum absolute atomic E-state index is 12.4. The quantitative estimate of drug-likeness (QED) is 0.507. The number of aryl methyl sites for hydroxylation is 1. The second kappa shape index (κ2) is 9.13. The maximum Gasteiger partial charge on any atom is 0.293 e. The van der Waals surface area contributed by atoms with E-state index in [4.69, 9.17) is 0 Å². The van der Waals surface area contributed by atoms with Crippen molar-refractivity contribution in [3.63, 3.8) is 0 Å². The number of nitro groups is 1. The number of nitrogens with zero attached hydrogens (tertiary/aromatic N) is 3. The van der Waals surface area contributed by atoms with Crippen LogP contribution in [-0.4, -0.2) is 52.5 Å². The molecule has 28 heavy (non-hydrogen) atoms. The molecule has 1 N–H and O–H groups in total. The zero-order valence-electron chi connectivity index (χ0n) is 16.5. The molecule has 9 heteroatoms. The number of likely N-dealkylation sites (N-methyl/N-ethyl adjacent to an activating group) is 1. The lowest BCUT2D eigenvalue weighted by Gasteiger charge is -2.20. The van der Waals surface area contributed by atoms with E-state index < -0.39 is 14.9 Å². The molecule has 0 saturated carbocycles. The van der Waals surface area contributed by atoms with Gasteiger partial charge in [0, 0.05) is 32.7 Å². The van der Waals surface area contributed by atoms with Gasteiger partial charge in [-0.05, 0) is 38.7 Å². The monoisotopic (exact) mass is 406 g/mol. The molecular formula is C19H26N4O4S. The van der Waals surface area contributed by atoms with E-state index in [1.54, 1.807) is 11.9 Å². The molecule has 0 spiro atoms. The van der Waals surface area contributed by atoms with Gasteiger partial charge in [0.2, 0.25) is 10.0 Å². The molecule has 0 amide bonds. The smallest absolute Gasteiger partial charge is 0.293 e. The number of nitro benzene ring substituents is 1.